The number of aromatic hydroxyl groups is 1. The maximum Gasteiger partial charge on any atom is 0.352 e. The molecule has 4 heterocycles. The van der Waals surface area contributed by atoms with Gasteiger partial charge in [0, 0.05) is 23.9 Å². The molecule has 5 N–H and O–H groups in total. The van der Waals surface area contributed by atoms with Gasteiger partial charge in [0.1, 0.15) is 29.9 Å². The molecule has 0 aromatic carbocycles. The zero-order valence-electron chi connectivity index (χ0n) is 18.6. The van der Waals surface area contributed by atoms with Crippen LogP contribution in [0.15, 0.2) is 31.8 Å². The smallest absolute Gasteiger partial charge is 0.352 e. The number of hydrogen-bond donors (Lipinski definition) is 4. The van der Waals surface area contributed by atoms with Gasteiger partial charge in [-0.15, -0.1) is 33.3 Å². The Hall–Kier alpha value is -3.64. The Bertz CT molecular complexity index is 1370. The molecule has 190 valence electrons. The zero-order chi connectivity index (χ0) is 26.1. The molecule has 1 saturated heterocycles. The number of rotatable bonds is 8. The lowest BCUT2D eigenvalue weighted by molar-refractivity contribution is -0.150. The van der Waals surface area contributed by atoms with Crippen LogP contribution in [0, 0.1) is 0 Å². The second-order valence-corrected chi connectivity index (χ2v) is 10.2. The molecule has 1 unspecified atom stereocenters. The third-order valence-corrected chi connectivity index (χ3v) is 8.21. The van der Waals surface area contributed by atoms with Gasteiger partial charge in [-0.3, -0.25) is 23.9 Å². The maximum absolute atomic E-state index is 12.9. The number of amides is 2. The average Bonchev–Trinajstić information content (AvgIpc) is 3.28. The molecule has 2 aliphatic heterocycles. The maximum atomic E-state index is 12.9. The number of hydrogen-bond acceptors (Lipinski definition) is 14. The summed E-state index contributed by atoms with van der Waals surface area (Å²) in [5, 5.41) is 33.8. The van der Waals surface area contributed by atoms with E-state index < -0.39 is 40.6 Å². The summed E-state index contributed by atoms with van der Waals surface area (Å²) in [4.78, 5) is 59.5. The lowest BCUT2D eigenvalue weighted by Gasteiger charge is -2.49. The molecule has 0 radical (unpaired) electrons. The Kier molecular flexibility index (Phi) is 7.18. The number of aliphatic carboxylic acids is 1. The van der Waals surface area contributed by atoms with Crippen molar-refractivity contribution in [2.45, 2.75) is 16.6 Å². The van der Waals surface area contributed by atoms with Crippen molar-refractivity contribution in [1.82, 2.24) is 30.0 Å². The standard InChI is InChI=1S/C18H18N8O7S3/c1-25-14(30)12(28)22-23-18(25)36-4-6-3-34-15-9(13(29)26(15)10(6)16(31)32)21-11(27)8(24-33-2)7-5-35-17(19)20-7/h5,9,15H,3-4H2,1-2H3,(H2,19,20)(H,21,27)(H,22,28)(H,31,32)/b24-8-/t9?,15-/m1/s1. The van der Waals surface area contributed by atoms with E-state index in [0.29, 0.717) is 5.57 Å². The van der Waals surface area contributed by atoms with Crippen molar-refractivity contribution in [2.75, 3.05) is 24.3 Å². The first kappa shape index (κ1) is 25.5. The van der Waals surface area contributed by atoms with Gasteiger partial charge in [0.2, 0.25) is 0 Å². The van der Waals surface area contributed by atoms with Gasteiger partial charge in [0.25, 0.3) is 17.7 Å². The molecule has 2 atom stereocenters. The van der Waals surface area contributed by atoms with Crippen LogP contribution in [0.3, 0.4) is 0 Å². The number of carbonyl (C=O) groups is 3. The number of β-lactam (4-membered cyclic amide) rings is 1. The molecule has 1 fully saturated rings. The van der Waals surface area contributed by atoms with Gasteiger partial charge in [-0.25, -0.2) is 9.78 Å². The van der Waals surface area contributed by atoms with Gasteiger partial charge in [0.05, 0.1) is 0 Å². The van der Waals surface area contributed by atoms with Crippen LogP contribution in [0.1, 0.15) is 5.69 Å². The average molecular weight is 555 g/mol. The zero-order valence-corrected chi connectivity index (χ0v) is 21.0. The highest BCUT2D eigenvalue weighted by Gasteiger charge is 2.54. The molecule has 2 aromatic rings. The van der Waals surface area contributed by atoms with Crippen LogP contribution >= 0.6 is 34.9 Å². The largest absolute Gasteiger partial charge is 0.488 e. The van der Waals surface area contributed by atoms with Gasteiger partial charge in [0.15, 0.2) is 16.0 Å². The monoisotopic (exact) mass is 554 g/mol. The predicted octanol–water partition coefficient (Wildman–Crippen LogP) is -1.20. The minimum atomic E-state index is -1.31. The van der Waals surface area contributed by atoms with Crippen molar-refractivity contribution in [2.24, 2.45) is 12.2 Å². The van der Waals surface area contributed by atoms with Crippen molar-refractivity contribution in [3.05, 3.63) is 32.7 Å². The van der Waals surface area contributed by atoms with Crippen molar-refractivity contribution in [3.63, 3.8) is 0 Å². The van der Waals surface area contributed by atoms with Crippen molar-refractivity contribution in [1.29, 1.82) is 0 Å². The van der Waals surface area contributed by atoms with E-state index in [4.69, 9.17) is 10.6 Å². The molecule has 2 aromatic heterocycles. The first-order chi connectivity index (χ1) is 17.1. The third-order valence-electron chi connectivity index (χ3n) is 5.09. The number of thiazole rings is 1. The Balaban J connectivity index is 1.51. The lowest BCUT2D eigenvalue weighted by atomic mass is 10.0. The number of nitrogens with zero attached hydrogens (tertiary/aromatic N) is 6. The fraction of sp³-hybridized carbons (Fsp3) is 0.333. The molecular weight excluding hydrogens is 536 g/mol. The highest BCUT2D eigenvalue weighted by Crippen LogP contribution is 2.41. The molecule has 18 heteroatoms. The summed E-state index contributed by atoms with van der Waals surface area (Å²) in [6, 6.07) is -0.993. The number of thioether (sulfide) groups is 2. The SMILES string of the molecule is CO/N=C(\C(=O)NC1C(=O)N2C(C(=O)O)=C(CSc3nnc(O)c(=O)n3C)CS[C@H]12)c1csc(N)n1. The summed E-state index contributed by atoms with van der Waals surface area (Å²) >= 11 is 3.41. The topological polar surface area (TPSA) is 215 Å². The summed E-state index contributed by atoms with van der Waals surface area (Å²) in [6.45, 7) is 0. The number of carboxylic acids is 1. The van der Waals surface area contributed by atoms with Crippen molar-refractivity contribution < 1.29 is 29.4 Å². The van der Waals surface area contributed by atoms with Crippen molar-refractivity contribution in [3.8, 4) is 5.88 Å². The first-order valence-corrected chi connectivity index (χ1v) is 12.8. The quantitative estimate of drug-likeness (QED) is 0.131. The highest BCUT2D eigenvalue weighted by molar-refractivity contribution is 8.01. The van der Waals surface area contributed by atoms with E-state index in [0.717, 1.165) is 32.6 Å². The number of nitrogens with one attached hydrogen (secondary N) is 1. The summed E-state index contributed by atoms with van der Waals surface area (Å²) in [5.41, 5.74) is 5.10. The van der Waals surface area contributed by atoms with Gasteiger partial charge in [-0.05, 0) is 5.57 Å². The molecule has 0 saturated carbocycles. The Morgan fingerprint density at radius 3 is 2.78 bits per heavy atom. The summed E-state index contributed by atoms with van der Waals surface area (Å²) < 4.78 is 1.09. The lowest BCUT2D eigenvalue weighted by Crippen LogP contribution is -2.71. The Morgan fingerprint density at radius 1 is 1.39 bits per heavy atom. The molecule has 2 amide bonds. The highest BCUT2D eigenvalue weighted by atomic mass is 32.2. The third kappa shape index (κ3) is 4.61. The number of aromatic nitrogens is 4. The number of oxime groups is 1. The van der Waals surface area contributed by atoms with E-state index in [9.17, 15) is 29.4 Å². The summed E-state index contributed by atoms with van der Waals surface area (Å²) in [7, 11) is 2.64. The molecule has 0 bridgehead atoms. The number of anilines is 1. The number of fused-ring (bicyclic) bond motifs is 1. The fourth-order valence-electron chi connectivity index (χ4n) is 3.41. The minimum absolute atomic E-state index is 0.102. The molecular formula is C18H18N8O7S3. The number of carbonyl (C=O) groups excluding carboxylic acids is 2. The van der Waals surface area contributed by atoms with Crippen LogP contribution in [0.25, 0.3) is 0 Å². The van der Waals surface area contributed by atoms with Gasteiger partial charge < -0.3 is 26.1 Å². The fourth-order valence-corrected chi connectivity index (χ4v) is 6.35. The second kappa shape index (κ2) is 10.2. The molecule has 0 spiro atoms. The number of nitrogens with two attached hydrogens (primary N) is 1. The number of carboxylic acid groups (broad SMARTS) is 1. The second-order valence-electron chi connectivity index (χ2n) is 7.27. The van der Waals surface area contributed by atoms with E-state index in [2.05, 4.69) is 25.7 Å². The summed E-state index contributed by atoms with van der Waals surface area (Å²) in [6.07, 6.45) is 0. The Labute approximate surface area is 214 Å². The van der Waals surface area contributed by atoms with Gasteiger partial charge >= 0.3 is 11.5 Å². The van der Waals surface area contributed by atoms with E-state index in [1.165, 1.54) is 31.3 Å². The van der Waals surface area contributed by atoms with Crippen LogP contribution < -0.4 is 16.6 Å². The van der Waals surface area contributed by atoms with E-state index in [-0.39, 0.29) is 38.9 Å². The van der Waals surface area contributed by atoms with Crippen LogP contribution in [-0.2, 0) is 26.3 Å². The molecule has 2 aliphatic rings. The van der Waals surface area contributed by atoms with Crippen LogP contribution in [0.5, 0.6) is 5.88 Å². The van der Waals surface area contributed by atoms with E-state index >= 15 is 0 Å². The first-order valence-electron chi connectivity index (χ1n) is 9.92. The van der Waals surface area contributed by atoms with Gasteiger partial charge in [-0.1, -0.05) is 16.9 Å². The molecule has 15 nitrogen and oxygen atoms in total. The minimum Gasteiger partial charge on any atom is -0.488 e. The Morgan fingerprint density at radius 2 is 2.14 bits per heavy atom. The van der Waals surface area contributed by atoms with Crippen LogP contribution in [0.4, 0.5) is 5.13 Å². The molecule has 0 aliphatic carbocycles. The van der Waals surface area contributed by atoms with Crippen LogP contribution in [0.2, 0.25) is 0 Å². The van der Waals surface area contributed by atoms with E-state index in [1.54, 1.807) is 0 Å². The molecule has 36 heavy (non-hydrogen) atoms. The van der Waals surface area contributed by atoms with Gasteiger partial charge in [-0.2, -0.15) is 0 Å². The normalized spacial score (nSPS) is 19.6. The number of nitrogen functional groups attached to an aromatic ring is 1. The van der Waals surface area contributed by atoms with Crippen LogP contribution in [-0.4, -0.2) is 88.4 Å². The summed E-state index contributed by atoms with van der Waals surface area (Å²) in [5.74, 6) is -3.04. The predicted molar refractivity (Wildman–Crippen MR) is 129 cm³/mol. The molecule has 4 rings (SSSR count). The van der Waals surface area contributed by atoms with Crippen molar-refractivity contribution >= 4 is 63.5 Å². The van der Waals surface area contributed by atoms with E-state index in [1.807, 2.05) is 0 Å².